The normalized spacial score (nSPS) is 13.0. The van der Waals surface area contributed by atoms with Gasteiger partial charge in [-0.25, -0.2) is 9.59 Å². The Bertz CT molecular complexity index is 2390. The number of rotatable bonds is 12. The van der Waals surface area contributed by atoms with Crippen molar-refractivity contribution in [3.05, 3.63) is 148 Å². The third kappa shape index (κ3) is 11.0. The first kappa shape index (κ1) is 43.2. The molecule has 60 heavy (non-hydrogen) atoms. The molecule has 1 unspecified atom stereocenters. The number of hydrogen-bond acceptors (Lipinski definition) is 10. The Morgan fingerprint density at radius 2 is 1.55 bits per heavy atom. The van der Waals surface area contributed by atoms with Crippen LogP contribution in [-0.4, -0.2) is 68.0 Å². The average Bonchev–Trinajstić information content (AvgIpc) is 3.59. The molecule has 0 spiro atoms. The molecular weight excluding hydrogens is 799 g/mol. The highest BCUT2D eigenvalue weighted by molar-refractivity contribution is 8.00. The van der Waals surface area contributed by atoms with Crippen LogP contribution in [0.2, 0.25) is 0 Å². The number of hydrogen-bond donors (Lipinski definition) is 3. The number of thioether (sulfide) groups is 1. The molecule has 0 saturated carbocycles. The van der Waals surface area contributed by atoms with Crippen molar-refractivity contribution >= 4 is 75.3 Å². The van der Waals surface area contributed by atoms with E-state index in [0.29, 0.717) is 45.2 Å². The zero-order valence-corrected chi connectivity index (χ0v) is 35.9. The number of fused-ring (bicyclic) bond motifs is 1. The number of carbonyl (C=O) groups is 5. The highest BCUT2D eigenvalue weighted by Gasteiger charge is 2.34. The smallest absolute Gasteiger partial charge is 0.410 e. The van der Waals surface area contributed by atoms with Gasteiger partial charge in [-0.05, 0) is 92.4 Å². The molecule has 1 aliphatic rings. The summed E-state index contributed by atoms with van der Waals surface area (Å²) in [7, 11) is 5.16. The Labute approximate surface area is 358 Å². The fraction of sp³-hybridized carbons (Fsp3) is 0.239. The molecule has 14 heteroatoms. The molecule has 0 saturated heterocycles. The number of thiophene rings is 1. The van der Waals surface area contributed by atoms with Gasteiger partial charge in [0.05, 0.1) is 19.2 Å². The average molecular weight is 846 g/mol. The second-order valence-electron chi connectivity index (χ2n) is 15.1. The van der Waals surface area contributed by atoms with Crippen LogP contribution >= 0.6 is 23.1 Å². The molecular formula is C46H47N5O7S2. The summed E-state index contributed by atoms with van der Waals surface area (Å²) in [6.07, 6.45) is 1.55. The molecule has 5 aromatic rings. The predicted molar refractivity (Wildman–Crippen MR) is 237 cm³/mol. The number of nitrogens with one attached hydrogen (secondary N) is 3. The highest BCUT2D eigenvalue weighted by Crippen LogP contribution is 2.41. The van der Waals surface area contributed by atoms with E-state index in [2.05, 4.69) is 16.0 Å². The van der Waals surface area contributed by atoms with E-state index < -0.39 is 34.7 Å². The topological polar surface area (TPSA) is 146 Å². The fourth-order valence-electron chi connectivity index (χ4n) is 6.33. The van der Waals surface area contributed by atoms with E-state index in [0.717, 1.165) is 16.1 Å². The number of methoxy groups -OCH3 is 1. The minimum absolute atomic E-state index is 0.0373. The number of ether oxygens (including phenoxy) is 2. The van der Waals surface area contributed by atoms with Crippen LogP contribution < -0.4 is 20.9 Å². The first-order chi connectivity index (χ1) is 28.7. The number of carbonyl (C=O) groups excluding carboxylic acids is 5. The zero-order valence-electron chi connectivity index (χ0n) is 34.2. The van der Waals surface area contributed by atoms with E-state index in [4.69, 9.17) is 9.47 Å². The Morgan fingerprint density at radius 1 is 0.867 bits per heavy atom. The molecule has 0 aliphatic carbocycles. The van der Waals surface area contributed by atoms with E-state index in [9.17, 15) is 24.0 Å². The first-order valence-electron chi connectivity index (χ1n) is 19.2. The van der Waals surface area contributed by atoms with Gasteiger partial charge in [-0.2, -0.15) is 0 Å². The minimum Gasteiger partial charge on any atom is -0.465 e. The van der Waals surface area contributed by atoms with Gasteiger partial charge in [0.2, 0.25) is 5.91 Å². The summed E-state index contributed by atoms with van der Waals surface area (Å²) in [5, 5.41) is 8.26. The van der Waals surface area contributed by atoms with E-state index >= 15 is 0 Å². The Balaban J connectivity index is 1.24. The van der Waals surface area contributed by atoms with Gasteiger partial charge in [0.15, 0.2) is 0 Å². The SMILES string of the molecule is COC(=O)c1c(NC(=O)C(Sc2cccc(NC(=O)/C(=C\c3ccc(N(C)C)cc3)NC(=O)c3ccccc3)c2)c2ccccc2)sc2c1CCN(C(=O)OC(C)(C)C)C2. The van der Waals surface area contributed by atoms with Gasteiger partial charge in [-0.15, -0.1) is 23.1 Å². The molecule has 1 aliphatic heterocycles. The Kier molecular flexibility index (Phi) is 13.8. The van der Waals surface area contributed by atoms with Crippen molar-refractivity contribution in [1.82, 2.24) is 10.2 Å². The molecule has 3 N–H and O–H groups in total. The number of benzene rings is 4. The lowest BCUT2D eigenvalue weighted by Gasteiger charge is -2.30. The zero-order chi connectivity index (χ0) is 43.0. The quantitative estimate of drug-likeness (QED) is 0.0637. The van der Waals surface area contributed by atoms with E-state index in [1.165, 1.54) is 30.2 Å². The summed E-state index contributed by atoms with van der Waals surface area (Å²) < 4.78 is 10.7. The molecule has 12 nitrogen and oxygen atoms in total. The summed E-state index contributed by atoms with van der Waals surface area (Å²) in [5.41, 5.74) is 3.60. The van der Waals surface area contributed by atoms with Crippen molar-refractivity contribution in [2.75, 3.05) is 43.3 Å². The van der Waals surface area contributed by atoms with Crippen LogP contribution in [0.1, 0.15) is 68.3 Å². The van der Waals surface area contributed by atoms with Gasteiger partial charge >= 0.3 is 12.1 Å². The standard InChI is InChI=1S/C46H47N5O7S2/c1-46(2,3)58-45(56)51-25-24-35-37(28-51)60-43(38(35)44(55)57-6)49-42(54)39(30-14-9-7-10-15-30)59-34-19-13-18-32(27-34)47-41(53)36(48-40(52)31-16-11-8-12-17-31)26-29-20-22-33(23-21-29)50(4)5/h7-23,26-27,39H,24-25,28H2,1-6H3,(H,47,53)(H,48,52)(H,49,54)/b36-26+. The van der Waals surface area contributed by atoms with Gasteiger partial charge in [0.1, 0.15) is 21.5 Å². The second kappa shape index (κ2) is 19.1. The first-order valence-corrected chi connectivity index (χ1v) is 20.9. The summed E-state index contributed by atoms with van der Waals surface area (Å²) in [6, 6.07) is 32.5. The Morgan fingerprint density at radius 3 is 2.20 bits per heavy atom. The van der Waals surface area contributed by atoms with Crippen molar-refractivity contribution in [3.63, 3.8) is 0 Å². The van der Waals surface area contributed by atoms with E-state index in [1.807, 2.05) is 79.7 Å². The third-order valence-corrected chi connectivity index (χ3v) is 11.7. The van der Waals surface area contributed by atoms with Gasteiger partial charge in [-0.3, -0.25) is 14.4 Å². The number of anilines is 3. The molecule has 0 radical (unpaired) electrons. The van der Waals surface area contributed by atoms with Crippen LogP contribution in [0.4, 0.5) is 21.2 Å². The molecule has 1 atom stereocenters. The summed E-state index contributed by atoms with van der Waals surface area (Å²) in [5.74, 6) is -1.95. The summed E-state index contributed by atoms with van der Waals surface area (Å²) in [4.78, 5) is 72.6. The second-order valence-corrected chi connectivity index (χ2v) is 17.4. The molecule has 0 fully saturated rings. The maximum Gasteiger partial charge on any atom is 0.410 e. The van der Waals surface area contributed by atoms with Crippen LogP contribution in [0.25, 0.3) is 6.08 Å². The van der Waals surface area contributed by atoms with Crippen molar-refractivity contribution in [2.45, 2.75) is 49.5 Å². The van der Waals surface area contributed by atoms with Crippen molar-refractivity contribution < 1.29 is 33.4 Å². The lowest BCUT2D eigenvalue weighted by Crippen LogP contribution is -2.39. The molecule has 310 valence electrons. The van der Waals surface area contributed by atoms with Crippen LogP contribution in [0, 0.1) is 0 Å². The Hall–Kier alpha value is -6.38. The van der Waals surface area contributed by atoms with Crippen molar-refractivity contribution in [1.29, 1.82) is 0 Å². The maximum absolute atomic E-state index is 14.3. The van der Waals surface area contributed by atoms with Crippen molar-refractivity contribution in [2.24, 2.45) is 0 Å². The lowest BCUT2D eigenvalue weighted by atomic mass is 10.0. The molecule has 4 aromatic carbocycles. The van der Waals surface area contributed by atoms with Crippen LogP contribution in [0.15, 0.2) is 120 Å². The van der Waals surface area contributed by atoms with Crippen molar-refractivity contribution in [3.8, 4) is 0 Å². The van der Waals surface area contributed by atoms with Crippen LogP contribution in [0.5, 0.6) is 0 Å². The monoisotopic (exact) mass is 845 g/mol. The lowest BCUT2D eigenvalue weighted by molar-refractivity contribution is -0.116. The largest absolute Gasteiger partial charge is 0.465 e. The molecule has 1 aromatic heterocycles. The van der Waals surface area contributed by atoms with Crippen LogP contribution in [0.3, 0.4) is 0 Å². The summed E-state index contributed by atoms with van der Waals surface area (Å²) >= 11 is 2.50. The third-order valence-electron chi connectivity index (χ3n) is 9.27. The van der Waals surface area contributed by atoms with Crippen LogP contribution in [-0.2, 0) is 32.0 Å². The highest BCUT2D eigenvalue weighted by atomic mass is 32.2. The molecule has 0 bridgehead atoms. The maximum atomic E-state index is 14.3. The minimum atomic E-state index is -0.786. The van der Waals surface area contributed by atoms with E-state index in [-0.39, 0.29) is 23.7 Å². The predicted octanol–water partition coefficient (Wildman–Crippen LogP) is 8.78. The van der Waals surface area contributed by atoms with Gasteiger partial charge < -0.3 is 35.2 Å². The van der Waals surface area contributed by atoms with Gasteiger partial charge in [0, 0.05) is 47.4 Å². The fourth-order valence-corrected chi connectivity index (χ4v) is 8.67. The molecule has 4 amide bonds. The van der Waals surface area contributed by atoms with Gasteiger partial charge in [0.25, 0.3) is 11.8 Å². The van der Waals surface area contributed by atoms with Gasteiger partial charge in [-0.1, -0.05) is 66.7 Å². The number of nitrogens with zero attached hydrogens (tertiary/aromatic N) is 2. The number of amides is 4. The molecule has 6 rings (SSSR count). The molecule has 2 heterocycles. The number of esters is 1. The summed E-state index contributed by atoms with van der Waals surface area (Å²) in [6.45, 7) is 5.97. The van der Waals surface area contributed by atoms with E-state index in [1.54, 1.807) is 80.3 Å².